The number of benzene rings is 1. The summed E-state index contributed by atoms with van der Waals surface area (Å²) in [5, 5.41) is 19.4. The molecule has 0 aliphatic carbocycles. The van der Waals surface area contributed by atoms with Crippen LogP contribution in [-0.2, 0) is 6.54 Å². The second kappa shape index (κ2) is 8.17. The Labute approximate surface area is 128 Å². The summed E-state index contributed by atoms with van der Waals surface area (Å²) in [4.78, 5) is 0. The van der Waals surface area contributed by atoms with Gasteiger partial charge in [-0.1, -0.05) is 12.1 Å². The van der Waals surface area contributed by atoms with Crippen LogP contribution in [0.1, 0.15) is 12.0 Å². The van der Waals surface area contributed by atoms with Crippen LogP contribution in [0.5, 0.6) is 0 Å². The molecule has 1 heterocycles. The minimum atomic E-state index is -0.265. The highest BCUT2D eigenvalue weighted by Crippen LogP contribution is 2.23. The van der Waals surface area contributed by atoms with E-state index in [2.05, 4.69) is 15.5 Å². The van der Waals surface area contributed by atoms with Crippen LogP contribution in [0.15, 0.2) is 30.5 Å². The zero-order chi connectivity index (χ0) is 15.1. The highest BCUT2D eigenvalue weighted by atomic mass is 32.2. The lowest BCUT2D eigenvalue weighted by atomic mass is 10.1. The Bertz CT molecular complexity index is 555. The molecule has 0 fully saturated rings. The lowest BCUT2D eigenvalue weighted by Crippen LogP contribution is -2.31. The predicted octanol–water partition coefficient (Wildman–Crippen LogP) is 2.42. The third-order valence-electron chi connectivity index (χ3n) is 3.29. The van der Waals surface area contributed by atoms with E-state index in [0.29, 0.717) is 24.2 Å². The van der Waals surface area contributed by atoms with Gasteiger partial charge in [-0.05, 0) is 24.8 Å². The number of hydrogen-bond donors (Lipinski definition) is 3. The van der Waals surface area contributed by atoms with Crippen molar-refractivity contribution in [3.05, 3.63) is 41.8 Å². The van der Waals surface area contributed by atoms with Gasteiger partial charge in [-0.2, -0.15) is 16.9 Å². The molecule has 1 atom stereocenters. The summed E-state index contributed by atoms with van der Waals surface area (Å²) in [7, 11) is 0. The Morgan fingerprint density at radius 1 is 1.43 bits per heavy atom. The molecule has 0 spiro atoms. The molecule has 3 N–H and O–H groups in total. The molecule has 0 saturated heterocycles. The van der Waals surface area contributed by atoms with E-state index in [1.54, 1.807) is 36.2 Å². The Hall–Kier alpha value is -1.37. The van der Waals surface area contributed by atoms with Crippen molar-refractivity contribution in [2.75, 3.05) is 18.6 Å². The Balaban J connectivity index is 2.09. The van der Waals surface area contributed by atoms with E-state index in [4.69, 9.17) is 5.11 Å². The fourth-order valence-electron chi connectivity index (χ4n) is 2.20. The largest absolute Gasteiger partial charge is 0.396 e. The number of aliphatic hydroxyl groups is 1. The second-order valence-electron chi connectivity index (χ2n) is 4.80. The van der Waals surface area contributed by atoms with E-state index in [1.165, 1.54) is 6.07 Å². The fraction of sp³-hybridized carbons (Fsp3) is 0.400. The molecule has 0 saturated carbocycles. The average Bonchev–Trinajstić information content (AvgIpc) is 2.94. The van der Waals surface area contributed by atoms with E-state index in [9.17, 15) is 4.39 Å². The van der Waals surface area contributed by atoms with Gasteiger partial charge in [0.2, 0.25) is 0 Å². The van der Waals surface area contributed by atoms with Crippen LogP contribution in [0.4, 0.5) is 4.39 Å². The Kier molecular flexibility index (Phi) is 6.22. The van der Waals surface area contributed by atoms with Crippen molar-refractivity contribution in [2.45, 2.75) is 19.0 Å². The number of thioether (sulfide) groups is 1. The van der Waals surface area contributed by atoms with Crippen LogP contribution in [0.3, 0.4) is 0 Å². The van der Waals surface area contributed by atoms with Crippen molar-refractivity contribution in [2.24, 2.45) is 0 Å². The minimum absolute atomic E-state index is 0.157. The number of halogens is 1. The molecule has 0 aliphatic rings. The van der Waals surface area contributed by atoms with E-state index in [1.807, 2.05) is 6.26 Å². The smallest absolute Gasteiger partial charge is 0.132 e. The average molecular weight is 309 g/mol. The summed E-state index contributed by atoms with van der Waals surface area (Å²) in [6, 6.07) is 6.88. The van der Waals surface area contributed by atoms with Crippen molar-refractivity contribution >= 4 is 11.8 Å². The number of aromatic amines is 1. The number of aromatic nitrogens is 2. The molecule has 4 nitrogen and oxygen atoms in total. The maximum absolute atomic E-state index is 13.9. The molecule has 0 radical (unpaired) electrons. The summed E-state index contributed by atoms with van der Waals surface area (Å²) in [6.07, 6.45) is 4.45. The number of nitrogens with one attached hydrogen (secondary N) is 2. The normalized spacial score (nSPS) is 12.5. The predicted molar refractivity (Wildman–Crippen MR) is 84.7 cm³/mol. The van der Waals surface area contributed by atoms with Gasteiger partial charge >= 0.3 is 0 Å². The molecular formula is C15H20FN3OS. The van der Waals surface area contributed by atoms with Gasteiger partial charge in [0.05, 0.1) is 11.9 Å². The van der Waals surface area contributed by atoms with Gasteiger partial charge in [0.25, 0.3) is 0 Å². The summed E-state index contributed by atoms with van der Waals surface area (Å²) in [5.41, 5.74) is 2.15. The van der Waals surface area contributed by atoms with Crippen LogP contribution < -0.4 is 5.32 Å². The molecule has 6 heteroatoms. The first-order chi connectivity index (χ1) is 10.3. The maximum atomic E-state index is 13.9. The van der Waals surface area contributed by atoms with Crippen molar-refractivity contribution in [3.63, 3.8) is 0 Å². The van der Waals surface area contributed by atoms with Crippen LogP contribution in [0, 0.1) is 5.82 Å². The number of rotatable bonds is 8. The van der Waals surface area contributed by atoms with Crippen molar-refractivity contribution in [1.29, 1.82) is 0 Å². The molecule has 21 heavy (non-hydrogen) atoms. The Morgan fingerprint density at radius 2 is 2.24 bits per heavy atom. The van der Waals surface area contributed by atoms with E-state index < -0.39 is 0 Å². The molecule has 2 aromatic rings. The quantitative estimate of drug-likeness (QED) is 0.701. The van der Waals surface area contributed by atoms with Crippen molar-refractivity contribution in [3.8, 4) is 11.3 Å². The lowest BCUT2D eigenvalue weighted by Gasteiger charge is -2.16. The molecule has 114 valence electrons. The summed E-state index contributed by atoms with van der Waals surface area (Å²) < 4.78 is 13.9. The zero-order valence-corrected chi connectivity index (χ0v) is 12.8. The molecule has 0 aliphatic heterocycles. The molecule has 0 amide bonds. The van der Waals surface area contributed by atoms with E-state index >= 15 is 0 Å². The van der Waals surface area contributed by atoms with Gasteiger partial charge in [-0.25, -0.2) is 4.39 Å². The van der Waals surface area contributed by atoms with Gasteiger partial charge in [-0.15, -0.1) is 0 Å². The molecule has 0 bridgehead atoms. The summed E-state index contributed by atoms with van der Waals surface area (Å²) >= 11 is 1.73. The van der Waals surface area contributed by atoms with Crippen LogP contribution in [-0.4, -0.2) is 40.0 Å². The molecule has 1 unspecified atom stereocenters. The molecule has 1 aromatic carbocycles. The summed E-state index contributed by atoms with van der Waals surface area (Å²) in [5.74, 6) is 0.659. The first-order valence-electron chi connectivity index (χ1n) is 6.86. The summed E-state index contributed by atoms with van der Waals surface area (Å²) in [6.45, 7) is 0.745. The second-order valence-corrected chi connectivity index (χ2v) is 5.71. The highest BCUT2D eigenvalue weighted by Gasteiger charge is 2.13. The third kappa shape index (κ3) is 4.30. The number of hydrogen-bond acceptors (Lipinski definition) is 4. The van der Waals surface area contributed by atoms with Gasteiger partial charge in [0.1, 0.15) is 5.82 Å². The van der Waals surface area contributed by atoms with Crippen molar-refractivity contribution in [1.82, 2.24) is 15.5 Å². The van der Waals surface area contributed by atoms with Crippen molar-refractivity contribution < 1.29 is 9.50 Å². The van der Waals surface area contributed by atoms with Gasteiger partial charge in [-0.3, -0.25) is 5.10 Å². The van der Waals surface area contributed by atoms with E-state index in [0.717, 1.165) is 11.3 Å². The lowest BCUT2D eigenvalue weighted by molar-refractivity contribution is 0.270. The van der Waals surface area contributed by atoms with Gasteiger partial charge in [0, 0.05) is 36.1 Å². The maximum Gasteiger partial charge on any atom is 0.132 e. The first kappa shape index (κ1) is 16.0. The number of nitrogens with zero attached hydrogens (tertiary/aromatic N) is 1. The van der Waals surface area contributed by atoms with Crippen LogP contribution in [0.25, 0.3) is 11.3 Å². The topological polar surface area (TPSA) is 60.9 Å². The van der Waals surface area contributed by atoms with E-state index in [-0.39, 0.29) is 18.5 Å². The fourth-order valence-corrected chi connectivity index (χ4v) is 2.88. The Morgan fingerprint density at radius 3 is 2.95 bits per heavy atom. The number of H-pyrrole nitrogens is 1. The molecular weight excluding hydrogens is 289 g/mol. The molecule has 1 aromatic heterocycles. The first-order valence-corrected chi connectivity index (χ1v) is 8.26. The van der Waals surface area contributed by atoms with Gasteiger partial charge < -0.3 is 10.4 Å². The number of aliphatic hydroxyl groups excluding tert-OH is 1. The monoisotopic (exact) mass is 309 g/mol. The van der Waals surface area contributed by atoms with Gasteiger partial charge in [0.15, 0.2) is 0 Å². The standard InChI is InChI=1S/C15H20FN3OS/c1-21-10-12(6-7-20)17-8-11-9-18-19-15(11)13-4-2-3-5-14(13)16/h2-5,9,12,17,20H,6-8,10H2,1H3,(H,18,19). The van der Waals surface area contributed by atoms with Crippen LogP contribution in [0.2, 0.25) is 0 Å². The third-order valence-corrected chi connectivity index (χ3v) is 4.02. The SMILES string of the molecule is CSCC(CCO)NCc1cn[nH]c1-c1ccccc1F. The zero-order valence-electron chi connectivity index (χ0n) is 12.0. The minimum Gasteiger partial charge on any atom is -0.396 e. The van der Waals surface area contributed by atoms with Crippen LogP contribution >= 0.6 is 11.8 Å². The molecule has 2 rings (SSSR count). The highest BCUT2D eigenvalue weighted by molar-refractivity contribution is 7.98.